The molecule has 0 rings (SSSR count). The van der Waals surface area contributed by atoms with Crippen molar-refractivity contribution >= 4 is 34.5 Å². The zero-order valence-electron chi connectivity index (χ0n) is 3.92. The predicted octanol–water partition coefficient (Wildman–Crippen LogP) is -2.46. The Labute approximate surface area is 61.7 Å². The summed E-state index contributed by atoms with van der Waals surface area (Å²) in [6, 6.07) is 0. The van der Waals surface area contributed by atoms with Crippen LogP contribution in [0, 0.1) is 0 Å². The molecule has 0 aliphatic rings. The van der Waals surface area contributed by atoms with Gasteiger partial charge in [-0.2, -0.15) is 0 Å². The van der Waals surface area contributed by atoms with Gasteiger partial charge in [-0.1, -0.05) is 0 Å². The van der Waals surface area contributed by atoms with Crippen LogP contribution in [0.3, 0.4) is 0 Å². The average molecular weight is 232 g/mol. The summed E-state index contributed by atoms with van der Waals surface area (Å²) in [5.74, 6) is 0. The van der Waals surface area contributed by atoms with E-state index in [-0.39, 0.29) is 0 Å². The minimum atomic E-state index is -4.36. The molecule has 0 aromatic carbocycles. The van der Waals surface area contributed by atoms with Crippen molar-refractivity contribution in [1.29, 1.82) is 0 Å². The molecule has 0 saturated carbocycles. The van der Waals surface area contributed by atoms with Gasteiger partial charge in [0.25, 0.3) is 0 Å². The van der Waals surface area contributed by atoms with Gasteiger partial charge in [0.2, 0.25) is 0 Å². The third-order valence-corrected chi connectivity index (χ3v) is 3.59. The molecule has 0 aromatic rings. The third kappa shape index (κ3) is 5.14. The molecule has 0 aromatic heterocycles. The van der Waals surface area contributed by atoms with Crippen LogP contribution in [0.1, 0.15) is 0 Å². The first-order valence-electron chi connectivity index (χ1n) is 1.59. The van der Waals surface area contributed by atoms with Crippen LogP contribution in [-0.2, 0) is 12.2 Å². The van der Waals surface area contributed by atoms with Crippen LogP contribution in [0.15, 0.2) is 0 Å². The molecule has 0 heterocycles. The van der Waals surface area contributed by atoms with Crippen LogP contribution in [0.4, 0.5) is 0 Å². The van der Waals surface area contributed by atoms with Gasteiger partial charge in [0, 0.05) is 0 Å². The van der Waals surface area contributed by atoms with Crippen molar-refractivity contribution in [2.75, 3.05) is 0 Å². The van der Waals surface area contributed by atoms with Gasteiger partial charge >= 0.3 is 61.2 Å². The predicted molar refractivity (Wildman–Crippen MR) is 25.7 cm³/mol. The van der Waals surface area contributed by atoms with Crippen LogP contribution < -0.4 is 4.89 Å². The van der Waals surface area contributed by atoms with E-state index in [0.717, 1.165) is 0 Å². The normalized spacial score (nSPS) is 13.6. The van der Waals surface area contributed by atoms with E-state index in [2.05, 4.69) is 7.63 Å². The summed E-state index contributed by atoms with van der Waals surface area (Å²) < 4.78 is 17.0. The molecule has 0 fully saturated rings. The van der Waals surface area contributed by atoms with Crippen LogP contribution in [-0.4, -0.2) is 35.8 Å². The molecule has 6 nitrogen and oxygen atoms in total. The standard InChI is InChI=1S/AsH2O6PSi/c1-6-9(4,5)7-8(2)3/h4-5H. The maximum atomic E-state index is 9.62. The maximum absolute atomic E-state index is 9.62. The van der Waals surface area contributed by atoms with Gasteiger partial charge in [-0.05, 0) is 0 Å². The first kappa shape index (κ1) is 9.68. The second-order valence-electron chi connectivity index (χ2n) is 0.955. The van der Waals surface area contributed by atoms with Crippen LogP contribution in [0.5, 0.6) is 0 Å². The molecule has 9 heteroatoms. The summed E-state index contributed by atoms with van der Waals surface area (Å²) >= 11 is 1.35. The quantitative estimate of drug-likeness (QED) is 0.413. The Morgan fingerprint density at radius 2 is 2.11 bits per heavy atom. The van der Waals surface area contributed by atoms with E-state index in [1.54, 1.807) is 0 Å². The molecule has 9 heavy (non-hydrogen) atoms. The van der Waals surface area contributed by atoms with Crippen LogP contribution in [0.2, 0.25) is 0 Å². The van der Waals surface area contributed by atoms with Crippen LogP contribution >= 0.6 is 8.25 Å². The molecular formula is H2AsO6PSi. The molecule has 2 radical (unpaired) electrons. The van der Waals surface area contributed by atoms with Crippen molar-refractivity contribution in [2.45, 2.75) is 0 Å². The van der Waals surface area contributed by atoms with Gasteiger partial charge < -0.3 is 0 Å². The Morgan fingerprint density at radius 1 is 1.67 bits per heavy atom. The molecule has 0 amide bonds. The first-order chi connectivity index (χ1) is 3.98. The van der Waals surface area contributed by atoms with E-state index in [1.165, 1.54) is 17.2 Å². The number of hydrogen-bond donors (Lipinski definition) is 2. The van der Waals surface area contributed by atoms with Gasteiger partial charge in [0.05, 0.1) is 0 Å². The molecule has 0 saturated heterocycles. The minimum absolute atomic E-state index is 1.35. The molecule has 2 N–H and O–H groups in total. The number of hydrogen-bond acceptors (Lipinski definition) is 6. The summed E-state index contributed by atoms with van der Waals surface area (Å²) in [6.07, 6.45) is 0. The van der Waals surface area contributed by atoms with Gasteiger partial charge in [0.15, 0.2) is 0 Å². The van der Waals surface area contributed by atoms with Crippen molar-refractivity contribution in [3.05, 3.63) is 0 Å². The summed E-state index contributed by atoms with van der Waals surface area (Å²) in [6.45, 7) is 0. The second-order valence-corrected chi connectivity index (χ2v) is 4.56. The molecular weight excluding hydrogens is 230 g/mol. The molecule has 1 unspecified atom stereocenters. The second kappa shape index (κ2) is 3.75. The fourth-order valence-electron chi connectivity index (χ4n) is 0.114. The fourth-order valence-corrected chi connectivity index (χ4v) is 1.65. The van der Waals surface area contributed by atoms with E-state index in [1.807, 2.05) is 0 Å². The Kier molecular flexibility index (Phi) is 4.03. The van der Waals surface area contributed by atoms with Crippen LogP contribution in [0.25, 0.3) is 0 Å². The zero-order chi connectivity index (χ0) is 7.49. The van der Waals surface area contributed by atoms with Gasteiger partial charge in [-0.3, -0.25) is 0 Å². The average Bonchev–Trinajstić information content (AvgIpc) is 1.63. The van der Waals surface area contributed by atoms with Crippen molar-refractivity contribution in [2.24, 2.45) is 0 Å². The van der Waals surface area contributed by atoms with Crippen molar-refractivity contribution in [3.63, 3.8) is 0 Å². The van der Waals surface area contributed by atoms with Crippen molar-refractivity contribution < 1.29 is 26.7 Å². The fraction of sp³-hybridized carbons (Fsp3) is 0. The summed E-state index contributed by atoms with van der Waals surface area (Å²) in [5, 5.41) is 0. The summed E-state index contributed by atoms with van der Waals surface area (Å²) in [4.78, 5) is 26.3. The Balaban J connectivity index is 3.71. The monoisotopic (exact) mass is 232 g/mol. The van der Waals surface area contributed by atoms with E-state index >= 15 is 0 Å². The third-order valence-electron chi connectivity index (χ3n) is 0.312. The van der Waals surface area contributed by atoms with E-state index < -0.39 is 17.3 Å². The SMILES string of the molecule is O=[P+]([O-])O[Si](O)(O)O[As]. The van der Waals surface area contributed by atoms with Crippen molar-refractivity contribution in [1.82, 2.24) is 0 Å². The summed E-state index contributed by atoms with van der Waals surface area (Å²) in [7, 11) is -7.63. The number of rotatable bonds is 3. The Bertz CT molecular complexity index is 112. The molecule has 1 atom stereocenters. The van der Waals surface area contributed by atoms with Gasteiger partial charge in [-0.25, -0.2) is 0 Å². The van der Waals surface area contributed by atoms with E-state index in [9.17, 15) is 9.46 Å². The first-order valence-corrected chi connectivity index (χ1v) is 5.16. The van der Waals surface area contributed by atoms with Crippen molar-refractivity contribution in [3.8, 4) is 0 Å². The molecule has 0 aliphatic carbocycles. The van der Waals surface area contributed by atoms with E-state index in [4.69, 9.17) is 9.59 Å². The Hall–Kier alpha value is 0.675. The molecule has 0 spiro atoms. The molecule has 0 aliphatic heterocycles. The van der Waals surface area contributed by atoms with Gasteiger partial charge in [0.1, 0.15) is 0 Å². The summed E-state index contributed by atoms with van der Waals surface area (Å²) in [5.41, 5.74) is 0. The Morgan fingerprint density at radius 3 is 2.22 bits per heavy atom. The molecule has 52 valence electrons. The molecule has 0 bridgehead atoms. The topological polar surface area (TPSA) is 99.1 Å². The van der Waals surface area contributed by atoms with E-state index in [0.29, 0.717) is 0 Å². The zero-order valence-corrected chi connectivity index (χ0v) is 7.69. The van der Waals surface area contributed by atoms with Gasteiger partial charge in [-0.15, -0.1) is 0 Å².